The molecule has 1 amide bonds. The predicted octanol–water partition coefficient (Wildman–Crippen LogP) is 4.55. The molecule has 0 heterocycles. The van der Waals surface area contributed by atoms with Gasteiger partial charge in [-0.15, -0.1) is 0 Å². The summed E-state index contributed by atoms with van der Waals surface area (Å²) in [4.78, 5) is 11.9. The summed E-state index contributed by atoms with van der Waals surface area (Å²) >= 11 is 11.8. The maximum Gasteiger partial charge on any atom is 0.255 e. The molecule has 18 heavy (non-hydrogen) atoms. The molecule has 92 valence electrons. The molecule has 0 saturated carbocycles. The maximum absolute atomic E-state index is 11.9. The Kier molecular flexibility index (Phi) is 3.90. The fourth-order valence-electron chi connectivity index (χ4n) is 1.48. The summed E-state index contributed by atoms with van der Waals surface area (Å²) in [5.74, 6) is -0.188. The molecular formula is C14H11Cl2NO. The summed E-state index contributed by atoms with van der Waals surface area (Å²) < 4.78 is 0. The number of aryl methyl sites for hydroxylation is 1. The van der Waals surface area contributed by atoms with E-state index in [2.05, 4.69) is 5.32 Å². The molecule has 0 fully saturated rings. The lowest BCUT2D eigenvalue weighted by molar-refractivity contribution is 0.102. The molecule has 0 aliphatic heterocycles. The quantitative estimate of drug-likeness (QED) is 0.858. The summed E-state index contributed by atoms with van der Waals surface area (Å²) in [6.45, 7) is 1.91. The smallest absolute Gasteiger partial charge is 0.255 e. The number of carbonyl (C=O) groups is 1. The number of nitrogens with one attached hydrogen (secondary N) is 1. The predicted molar refractivity (Wildman–Crippen MR) is 75.6 cm³/mol. The molecular weight excluding hydrogens is 269 g/mol. The number of benzene rings is 2. The highest BCUT2D eigenvalue weighted by Gasteiger charge is 2.06. The molecule has 0 aromatic heterocycles. The second kappa shape index (κ2) is 5.42. The van der Waals surface area contributed by atoms with Crippen LogP contribution in [0.25, 0.3) is 0 Å². The summed E-state index contributed by atoms with van der Waals surface area (Å²) in [6, 6.07) is 12.1. The minimum Gasteiger partial charge on any atom is -0.322 e. The van der Waals surface area contributed by atoms with Crippen LogP contribution in [0.1, 0.15) is 15.9 Å². The first-order valence-electron chi connectivity index (χ1n) is 5.39. The van der Waals surface area contributed by atoms with Gasteiger partial charge in [0.2, 0.25) is 0 Å². The molecule has 0 atom stereocenters. The van der Waals surface area contributed by atoms with E-state index < -0.39 is 0 Å². The van der Waals surface area contributed by atoms with Gasteiger partial charge in [-0.3, -0.25) is 4.79 Å². The van der Waals surface area contributed by atoms with Crippen LogP contribution in [0, 0.1) is 6.92 Å². The Balaban J connectivity index is 2.16. The molecule has 1 N–H and O–H groups in total. The molecule has 0 saturated heterocycles. The van der Waals surface area contributed by atoms with Gasteiger partial charge >= 0.3 is 0 Å². The van der Waals surface area contributed by atoms with Gasteiger partial charge in [0, 0.05) is 21.3 Å². The third kappa shape index (κ3) is 3.03. The number of hydrogen-bond donors (Lipinski definition) is 1. The molecule has 0 aliphatic rings. The van der Waals surface area contributed by atoms with Crippen molar-refractivity contribution in [1.29, 1.82) is 0 Å². The van der Waals surface area contributed by atoms with Crippen molar-refractivity contribution < 1.29 is 4.79 Å². The molecule has 0 spiro atoms. The van der Waals surface area contributed by atoms with Crippen molar-refractivity contribution >= 4 is 34.8 Å². The topological polar surface area (TPSA) is 29.1 Å². The standard InChI is InChI=1S/C14H11Cl2NO/c1-9-2-7-12(8-13(9)16)17-14(18)10-3-5-11(15)6-4-10/h2-8H,1H3,(H,17,18). The van der Waals surface area contributed by atoms with Crippen LogP contribution in [0.4, 0.5) is 5.69 Å². The van der Waals surface area contributed by atoms with Crippen LogP contribution in [0.2, 0.25) is 10.0 Å². The molecule has 0 radical (unpaired) electrons. The lowest BCUT2D eigenvalue weighted by Crippen LogP contribution is -2.11. The van der Waals surface area contributed by atoms with Crippen molar-refractivity contribution in [1.82, 2.24) is 0 Å². The largest absolute Gasteiger partial charge is 0.322 e. The maximum atomic E-state index is 11.9. The fraction of sp³-hybridized carbons (Fsp3) is 0.0714. The van der Waals surface area contributed by atoms with Gasteiger partial charge in [0.15, 0.2) is 0 Å². The van der Waals surface area contributed by atoms with Crippen molar-refractivity contribution in [3.05, 3.63) is 63.6 Å². The van der Waals surface area contributed by atoms with Gasteiger partial charge in [-0.2, -0.15) is 0 Å². The SMILES string of the molecule is Cc1ccc(NC(=O)c2ccc(Cl)cc2)cc1Cl. The van der Waals surface area contributed by atoms with Gasteiger partial charge in [-0.05, 0) is 48.9 Å². The van der Waals surface area contributed by atoms with E-state index in [1.54, 1.807) is 30.3 Å². The van der Waals surface area contributed by atoms with Crippen LogP contribution < -0.4 is 5.32 Å². The Hall–Kier alpha value is -1.51. The summed E-state index contributed by atoms with van der Waals surface area (Å²) in [6.07, 6.45) is 0. The number of amides is 1. The fourth-order valence-corrected chi connectivity index (χ4v) is 1.78. The molecule has 2 nitrogen and oxygen atoms in total. The number of rotatable bonds is 2. The zero-order valence-corrected chi connectivity index (χ0v) is 11.2. The van der Waals surface area contributed by atoms with Crippen LogP contribution in [0.3, 0.4) is 0 Å². The first kappa shape index (κ1) is 12.9. The second-order valence-corrected chi connectivity index (χ2v) is 4.77. The van der Waals surface area contributed by atoms with Crippen LogP contribution >= 0.6 is 23.2 Å². The van der Waals surface area contributed by atoms with Gasteiger partial charge in [0.25, 0.3) is 5.91 Å². The number of hydrogen-bond acceptors (Lipinski definition) is 1. The Morgan fingerprint density at radius 2 is 1.72 bits per heavy atom. The van der Waals surface area contributed by atoms with Crippen LogP contribution in [-0.2, 0) is 0 Å². The van der Waals surface area contributed by atoms with Gasteiger partial charge in [-0.1, -0.05) is 29.3 Å². The van der Waals surface area contributed by atoms with E-state index in [-0.39, 0.29) is 5.91 Å². The van der Waals surface area contributed by atoms with E-state index in [0.717, 1.165) is 5.56 Å². The van der Waals surface area contributed by atoms with E-state index in [1.165, 1.54) is 0 Å². The van der Waals surface area contributed by atoms with E-state index in [0.29, 0.717) is 21.3 Å². The summed E-state index contributed by atoms with van der Waals surface area (Å²) in [5.41, 5.74) is 2.20. The monoisotopic (exact) mass is 279 g/mol. The second-order valence-electron chi connectivity index (χ2n) is 3.92. The summed E-state index contributed by atoms with van der Waals surface area (Å²) in [7, 11) is 0. The van der Waals surface area contributed by atoms with E-state index in [4.69, 9.17) is 23.2 Å². The van der Waals surface area contributed by atoms with Crippen molar-refractivity contribution in [3.8, 4) is 0 Å². The van der Waals surface area contributed by atoms with Crippen molar-refractivity contribution in [2.24, 2.45) is 0 Å². The highest BCUT2D eigenvalue weighted by atomic mass is 35.5. The Bertz CT molecular complexity index is 579. The molecule has 0 unspecified atom stereocenters. The Morgan fingerprint density at radius 3 is 2.33 bits per heavy atom. The third-order valence-electron chi connectivity index (χ3n) is 2.54. The number of halogens is 2. The lowest BCUT2D eigenvalue weighted by Gasteiger charge is -2.07. The van der Waals surface area contributed by atoms with Crippen molar-refractivity contribution in [3.63, 3.8) is 0 Å². The molecule has 2 aromatic carbocycles. The van der Waals surface area contributed by atoms with E-state index in [1.807, 2.05) is 19.1 Å². The minimum absolute atomic E-state index is 0.188. The van der Waals surface area contributed by atoms with E-state index in [9.17, 15) is 4.79 Å². The van der Waals surface area contributed by atoms with Crippen molar-refractivity contribution in [2.75, 3.05) is 5.32 Å². The highest BCUT2D eigenvalue weighted by Crippen LogP contribution is 2.20. The van der Waals surface area contributed by atoms with Gasteiger partial charge in [-0.25, -0.2) is 0 Å². The normalized spacial score (nSPS) is 10.2. The van der Waals surface area contributed by atoms with Crippen LogP contribution in [0.5, 0.6) is 0 Å². The molecule has 2 aromatic rings. The minimum atomic E-state index is -0.188. The molecule has 4 heteroatoms. The number of anilines is 1. The molecule has 0 aliphatic carbocycles. The Morgan fingerprint density at radius 1 is 1.06 bits per heavy atom. The zero-order valence-electron chi connectivity index (χ0n) is 9.71. The average Bonchev–Trinajstić information content (AvgIpc) is 2.34. The average molecular weight is 280 g/mol. The number of carbonyl (C=O) groups excluding carboxylic acids is 1. The molecule has 2 rings (SSSR count). The third-order valence-corrected chi connectivity index (χ3v) is 3.20. The van der Waals surface area contributed by atoms with Gasteiger partial charge < -0.3 is 5.32 Å². The highest BCUT2D eigenvalue weighted by molar-refractivity contribution is 6.31. The van der Waals surface area contributed by atoms with Gasteiger partial charge in [0.1, 0.15) is 0 Å². The first-order valence-corrected chi connectivity index (χ1v) is 6.15. The van der Waals surface area contributed by atoms with Crippen LogP contribution in [0.15, 0.2) is 42.5 Å². The summed E-state index contributed by atoms with van der Waals surface area (Å²) in [5, 5.41) is 4.01. The lowest BCUT2D eigenvalue weighted by atomic mass is 10.2. The first-order chi connectivity index (χ1) is 8.56. The zero-order chi connectivity index (χ0) is 13.1. The Labute approximate surface area is 116 Å². The van der Waals surface area contributed by atoms with E-state index >= 15 is 0 Å². The van der Waals surface area contributed by atoms with Gasteiger partial charge in [0.05, 0.1) is 0 Å². The van der Waals surface area contributed by atoms with Crippen LogP contribution in [-0.4, -0.2) is 5.91 Å². The molecule has 0 bridgehead atoms. The van der Waals surface area contributed by atoms with Crippen molar-refractivity contribution in [2.45, 2.75) is 6.92 Å².